The van der Waals surface area contributed by atoms with Gasteiger partial charge in [0.25, 0.3) is 0 Å². The predicted molar refractivity (Wildman–Crippen MR) is 63.0 cm³/mol. The molecule has 4 nitrogen and oxygen atoms in total. The molecule has 0 aromatic heterocycles. The summed E-state index contributed by atoms with van der Waals surface area (Å²) in [6.07, 6.45) is 2.99. The molecule has 0 aliphatic heterocycles. The van der Waals surface area contributed by atoms with Gasteiger partial charge in [0.15, 0.2) is 5.78 Å². The lowest BCUT2D eigenvalue weighted by atomic mass is 9.96. The summed E-state index contributed by atoms with van der Waals surface area (Å²) in [7, 11) is 0. The molecule has 4 heteroatoms. The first-order chi connectivity index (χ1) is 7.38. The van der Waals surface area contributed by atoms with E-state index in [4.69, 9.17) is 5.11 Å². The fourth-order valence-electron chi connectivity index (χ4n) is 1.17. The van der Waals surface area contributed by atoms with Crippen molar-refractivity contribution in [2.75, 3.05) is 13.2 Å². The lowest BCUT2D eigenvalue weighted by Gasteiger charge is -2.17. The number of nitrogens with one attached hydrogen (secondary N) is 1. The molecule has 0 rings (SSSR count). The van der Waals surface area contributed by atoms with Crippen molar-refractivity contribution in [3.8, 4) is 0 Å². The summed E-state index contributed by atoms with van der Waals surface area (Å²) in [6, 6.07) is 0. The van der Waals surface area contributed by atoms with Crippen molar-refractivity contribution in [3.05, 3.63) is 0 Å². The second-order valence-electron chi connectivity index (χ2n) is 5.01. The number of hydrogen-bond donors (Lipinski definition) is 2. The van der Waals surface area contributed by atoms with Gasteiger partial charge in [-0.15, -0.1) is 0 Å². The van der Waals surface area contributed by atoms with E-state index in [2.05, 4.69) is 5.32 Å². The Morgan fingerprint density at radius 1 is 1.12 bits per heavy atom. The van der Waals surface area contributed by atoms with Crippen LogP contribution in [0.1, 0.15) is 46.5 Å². The van der Waals surface area contributed by atoms with Crippen LogP contribution >= 0.6 is 0 Å². The van der Waals surface area contributed by atoms with E-state index < -0.39 is 0 Å². The molecule has 0 atom stereocenters. The molecule has 1 amide bonds. The fourth-order valence-corrected chi connectivity index (χ4v) is 1.17. The molecule has 0 radical (unpaired) electrons. The topological polar surface area (TPSA) is 66.4 Å². The van der Waals surface area contributed by atoms with Crippen LogP contribution in [0.5, 0.6) is 0 Å². The first kappa shape index (κ1) is 15.1. The van der Waals surface area contributed by atoms with Gasteiger partial charge in [-0.1, -0.05) is 27.2 Å². The minimum absolute atomic E-state index is 0.0546. The Morgan fingerprint density at radius 2 is 1.75 bits per heavy atom. The zero-order valence-corrected chi connectivity index (χ0v) is 10.5. The highest BCUT2D eigenvalue weighted by Crippen LogP contribution is 2.12. The molecule has 0 aliphatic carbocycles. The first-order valence-electron chi connectivity index (χ1n) is 5.79. The third-order valence-corrected chi connectivity index (χ3v) is 2.28. The number of aliphatic hydroxyl groups is 1. The normalized spacial score (nSPS) is 11.2. The van der Waals surface area contributed by atoms with Gasteiger partial charge >= 0.3 is 0 Å². The summed E-state index contributed by atoms with van der Waals surface area (Å²) < 4.78 is 0. The number of aliphatic hydroxyl groups excluding tert-OH is 1. The van der Waals surface area contributed by atoms with Crippen molar-refractivity contribution >= 4 is 11.7 Å². The molecular formula is C12H23NO3. The van der Waals surface area contributed by atoms with E-state index in [1.807, 2.05) is 20.8 Å². The van der Waals surface area contributed by atoms with Crippen LogP contribution in [0.2, 0.25) is 0 Å². The number of amides is 1. The highest BCUT2D eigenvalue weighted by Gasteiger charge is 2.19. The average Bonchev–Trinajstić information content (AvgIpc) is 2.20. The number of ketones is 1. The van der Waals surface area contributed by atoms with Crippen molar-refractivity contribution in [2.24, 2.45) is 5.41 Å². The molecule has 0 aliphatic rings. The zero-order chi connectivity index (χ0) is 12.6. The van der Waals surface area contributed by atoms with E-state index in [0.29, 0.717) is 13.0 Å². The lowest BCUT2D eigenvalue weighted by Crippen LogP contribution is -2.35. The first-order valence-corrected chi connectivity index (χ1v) is 5.79. The number of rotatable bonds is 7. The Bertz CT molecular complexity index is 231. The van der Waals surface area contributed by atoms with Crippen molar-refractivity contribution < 1.29 is 14.7 Å². The van der Waals surface area contributed by atoms with Crippen LogP contribution < -0.4 is 5.32 Å². The minimum Gasteiger partial charge on any atom is -0.389 e. The van der Waals surface area contributed by atoms with Crippen LogP contribution in [0.4, 0.5) is 0 Å². The molecule has 0 aromatic carbocycles. The highest BCUT2D eigenvalue weighted by atomic mass is 16.3. The third-order valence-electron chi connectivity index (χ3n) is 2.28. The number of Topliss-reactive ketones (excluding diaryl/α,β-unsaturated/α-hetero) is 1. The maximum Gasteiger partial charge on any atom is 0.225 e. The molecular weight excluding hydrogens is 206 g/mol. The van der Waals surface area contributed by atoms with Crippen molar-refractivity contribution in [3.63, 3.8) is 0 Å². The van der Waals surface area contributed by atoms with Crippen LogP contribution in [0, 0.1) is 5.41 Å². The molecule has 0 heterocycles. The second kappa shape index (κ2) is 7.39. The summed E-state index contributed by atoms with van der Waals surface area (Å²) >= 11 is 0. The number of hydrogen-bond acceptors (Lipinski definition) is 3. The maximum absolute atomic E-state index is 11.5. The summed E-state index contributed by atoms with van der Waals surface area (Å²) in [6.45, 7) is 5.93. The van der Waals surface area contributed by atoms with E-state index in [9.17, 15) is 9.59 Å². The summed E-state index contributed by atoms with van der Waals surface area (Å²) in [5.74, 6) is -0.0577. The van der Waals surface area contributed by atoms with Crippen LogP contribution in [0.25, 0.3) is 0 Å². The van der Waals surface area contributed by atoms with Crippen LogP contribution in [-0.2, 0) is 9.59 Å². The van der Waals surface area contributed by atoms with Gasteiger partial charge in [-0.25, -0.2) is 0 Å². The van der Waals surface area contributed by atoms with Gasteiger partial charge in [-0.05, 0) is 12.8 Å². The Morgan fingerprint density at radius 3 is 2.25 bits per heavy atom. The van der Waals surface area contributed by atoms with Crippen LogP contribution in [0.15, 0.2) is 0 Å². The smallest absolute Gasteiger partial charge is 0.225 e. The number of carbonyl (C=O) groups is 2. The second-order valence-corrected chi connectivity index (χ2v) is 5.01. The molecule has 0 fully saturated rings. The molecule has 0 spiro atoms. The lowest BCUT2D eigenvalue weighted by molar-refractivity contribution is -0.128. The highest BCUT2D eigenvalue weighted by molar-refractivity contribution is 5.81. The minimum atomic E-state index is -0.360. The molecule has 0 bridgehead atoms. The van der Waals surface area contributed by atoms with Gasteiger partial charge in [0.1, 0.15) is 6.61 Å². The van der Waals surface area contributed by atoms with Gasteiger partial charge in [-0.2, -0.15) is 0 Å². The quantitative estimate of drug-likeness (QED) is 0.646. The number of unbranched alkanes of at least 4 members (excludes halogenated alkanes) is 2. The van der Waals surface area contributed by atoms with E-state index in [1.54, 1.807) is 0 Å². The van der Waals surface area contributed by atoms with Crippen LogP contribution in [-0.4, -0.2) is 29.9 Å². The predicted octanol–water partition coefficient (Wildman–Crippen LogP) is 1.27. The van der Waals surface area contributed by atoms with Gasteiger partial charge < -0.3 is 10.4 Å². The van der Waals surface area contributed by atoms with Crippen molar-refractivity contribution in [1.82, 2.24) is 5.32 Å². The summed E-state index contributed by atoms with van der Waals surface area (Å²) in [5, 5.41) is 11.3. The number of carbonyl (C=O) groups excluding carboxylic acids is 2. The molecule has 0 aromatic rings. The third kappa shape index (κ3) is 7.40. The van der Waals surface area contributed by atoms with Gasteiger partial charge in [0.2, 0.25) is 5.91 Å². The van der Waals surface area contributed by atoms with Crippen molar-refractivity contribution in [2.45, 2.75) is 46.5 Å². The Kier molecular flexibility index (Phi) is 6.97. The average molecular weight is 229 g/mol. The van der Waals surface area contributed by atoms with E-state index in [0.717, 1.165) is 19.3 Å². The molecule has 0 saturated carbocycles. The fraction of sp³-hybridized carbons (Fsp3) is 0.833. The van der Waals surface area contributed by atoms with Crippen LogP contribution in [0.3, 0.4) is 0 Å². The summed E-state index contributed by atoms with van der Waals surface area (Å²) in [4.78, 5) is 22.2. The Balaban J connectivity index is 3.41. The Hall–Kier alpha value is -0.900. The monoisotopic (exact) mass is 229 g/mol. The molecule has 16 heavy (non-hydrogen) atoms. The van der Waals surface area contributed by atoms with Gasteiger partial charge in [-0.3, -0.25) is 9.59 Å². The van der Waals surface area contributed by atoms with E-state index in [-0.39, 0.29) is 23.7 Å². The zero-order valence-electron chi connectivity index (χ0n) is 10.5. The van der Waals surface area contributed by atoms with Gasteiger partial charge in [0, 0.05) is 18.4 Å². The molecule has 94 valence electrons. The largest absolute Gasteiger partial charge is 0.389 e. The van der Waals surface area contributed by atoms with Crippen molar-refractivity contribution in [1.29, 1.82) is 0 Å². The SMILES string of the molecule is CC(C)(C)C(=O)NCCCCCC(=O)CO. The van der Waals surface area contributed by atoms with E-state index >= 15 is 0 Å². The maximum atomic E-state index is 11.5. The molecule has 0 unspecified atom stereocenters. The molecule has 0 saturated heterocycles. The van der Waals surface area contributed by atoms with E-state index in [1.165, 1.54) is 0 Å². The standard InChI is InChI=1S/C12H23NO3/c1-12(2,3)11(16)13-8-6-4-5-7-10(15)9-14/h14H,4-9H2,1-3H3,(H,13,16). The molecule has 2 N–H and O–H groups in total. The Labute approximate surface area is 97.4 Å². The van der Waals surface area contributed by atoms with Gasteiger partial charge in [0.05, 0.1) is 0 Å². The summed E-state index contributed by atoms with van der Waals surface area (Å²) in [5.41, 5.74) is -0.340.